The zero-order valence-corrected chi connectivity index (χ0v) is 11.8. The van der Waals surface area contributed by atoms with Crippen LogP contribution in [0.2, 0.25) is 0 Å². The highest BCUT2D eigenvalue weighted by Crippen LogP contribution is 2.15. The maximum atomic E-state index is 8.89. The number of aliphatic hydroxyl groups is 1. The molecule has 1 atom stereocenters. The quantitative estimate of drug-likeness (QED) is 0.803. The van der Waals surface area contributed by atoms with Crippen molar-refractivity contribution in [3.05, 3.63) is 30.1 Å². The fraction of sp³-hybridized carbons (Fsp3) is 0.533. The summed E-state index contributed by atoms with van der Waals surface area (Å²) in [6.45, 7) is 7.17. The summed E-state index contributed by atoms with van der Waals surface area (Å²) in [5.74, 6) is 1.57. The average Bonchev–Trinajstić information content (AvgIpc) is 2.76. The summed E-state index contributed by atoms with van der Waals surface area (Å²) in [5.41, 5.74) is 2.26. The Morgan fingerprint density at radius 2 is 2.16 bits per heavy atom. The van der Waals surface area contributed by atoms with Crippen LogP contribution in [0.4, 0.5) is 0 Å². The van der Waals surface area contributed by atoms with Crippen molar-refractivity contribution >= 4 is 11.0 Å². The van der Waals surface area contributed by atoms with Crippen molar-refractivity contribution in [1.82, 2.24) is 14.9 Å². The van der Waals surface area contributed by atoms with Gasteiger partial charge in [-0.1, -0.05) is 19.1 Å². The SMILES string of the molecule is CCn1c(CNCC(C)CCO)nc2ccccc21. The summed E-state index contributed by atoms with van der Waals surface area (Å²) in [6, 6.07) is 8.25. The van der Waals surface area contributed by atoms with Crippen LogP contribution in [0.1, 0.15) is 26.1 Å². The molecule has 2 rings (SSSR count). The van der Waals surface area contributed by atoms with Crippen LogP contribution in [0.25, 0.3) is 11.0 Å². The largest absolute Gasteiger partial charge is 0.396 e. The highest BCUT2D eigenvalue weighted by Gasteiger charge is 2.09. The second-order valence-corrected chi connectivity index (χ2v) is 5.01. The van der Waals surface area contributed by atoms with Crippen LogP contribution < -0.4 is 5.32 Å². The van der Waals surface area contributed by atoms with Gasteiger partial charge in [0.15, 0.2) is 0 Å². The smallest absolute Gasteiger partial charge is 0.123 e. The number of para-hydroxylation sites is 2. The number of imidazole rings is 1. The molecule has 0 bridgehead atoms. The summed E-state index contributed by atoms with van der Waals surface area (Å²) >= 11 is 0. The maximum absolute atomic E-state index is 8.89. The first-order valence-electron chi connectivity index (χ1n) is 7.02. The third-order valence-electron chi connectivity index (χ3n) is 3.45. The van der Waals surface area contributed by atoms with Gasteiger partial charge in [-0.15, -0.1) is 0 Å². The van der Waals surface area contributed by atoms with E-state index in [1.807, 2.05) is 6.07 Å². The zero-order valence-electron chi connectivity index (χ0n) is 11.8. The number of aromatic nitrogens is 2. The summed E-state index contributed by atoms with van der Waals surface area (Å²) in [6.07, 6.45) is 0.844. The number of hydrogen-bond donors (Lipinski definition) is 2. The predicted molar refractivity (Wildman–Crippen MR) is 78.0 cm³/mol. The molecule has 0 spiro atoms. The van der Waals surface area contributed by atoms with Crippen molar-refractivity contribution in [3.8, 4) is 0 Å². The number of nitrogens with zero attached hydrogens (tertiary/aromatic N) is 2. The van der Waals surface area contributed by atoms with Crippen molar-refractivity contribution in [3.63, 3.8) is 0 Å². The lowest BCUT2D eigenvalue weighted by atomic mass is 10.1. The number of rotatable bonds is 7. The molecule has 1 aromatic carbocycles. The Labute approximate surface area is 114 Å². The van der Waals surface area contributed by atoms with E-state index in [2.05, 4.69) is 46.9 Å². The van der Waals surface area contributed by atoms with Crippen LogP contribution in [0, 0.1) is 5.92 Å². The maximum Gasteiger partial charge on any atom is 0.123 e. The van der Waals surface area contributed by atoms with Crippen molar-refractivity contribution in [2.45, 2.75) is 33.4 Å². The molecule has 0 saturated heterocycles. The van der Waals surface area contributed by atoms with E-state index in [0.717, 1.165) is 37.4 Å². The Morgan fingerprint density at radius 3 is 2.89 bits per heavy atom. The molecule has 19 heavy (non-hydrogen) atoms. The van der Waals surface area contributed by atoms with Gasteiger partial charge in [-0.25, -0.2) is 4.98 Å². The van der Waals surface area contributed by atoms with Crippen LogP contribution in [-0.2, 0) is 13.1 Å². The standard InChI is InChI=1S/C15H23N3O/c1-3-18-14-7-5-4-6-13(14)17-15(18)11-16-10-12(2)8-9-19/h4-7,12,16,19H,3,8-11H2,1-2H3. The fourth-order valence-electron chi connectivity index (χ4n) is 2.37. The van der Waals surface area contributed by atoms with Gasteiger partial charge in [-0.3, -0.25) is 0 Å². The third kappa shape index (κ3) is 3.33. The van der Waals surface area contributed by atoms with Crippen molar-refractivity contribution < 1.29 is 5.11 Å². The summed E-state index contributed by atoms with van der Waals surface area (Å²) in [7, 11) is 0. The normalized spacial score (nSPS) is 13.0. The molecule has 2 N–H and O–H groups in total. The molecule has 0 aliphatic heterocycles. The molecule has 2 aromatic rings. The minimum Gasteiger partial charge on any atom is -0.396 e. The van der Waals surface area contributed by atoms with Gasteiger partial charge in [0.25, 0.3) is 0 Å². The number of benzene rings is 1. The van der Waals surface area contributed by atoms with Crippen molar-refractivity contribution in [1.29, 1.82) is 0 Å². The number of hydrogen-bond acceptors (Lipinski definition) is 3. The number of aryl methyl sites for hydroxylation is 1. The Hall–Kier alpha value is -1.39. The molecule has 4 nitrogen and oxygen atoms in total. The minimum absolute atomic E-state index is 0.260. The minimum atomic E-state index is 0.260. The zero-order chi connectivity index (χ0) is 13.7. The van der Waals surface area contributed by atoms with Gasteiger partial charge in [0, 0.05) is 13.2 Å². The Morgan fingerprint density at radius 1 is 1.37 bits per heavy atom. The lowest BCUT2D eigenvalue weighted by Crippen LogP contribution is -2.23. The van der Waals surface area contributed by atoms with E-state index >= 15 is 0 Å². The van der Waals surface area contributed by atoms with E-state index in [1.54, 1.807) is 0 Å². The number of nitrogens with one attached hydrogen (secondary N) is 1. The highest BCUT2D eigenvalue weighted by atomic mass is 16.3. The van der Waals surface area contributed by atoms with Gasteiger partial charge in [0.05, 0.1) is 17.6 Å². The molecule has 1 heterocycles. The molecule has 0 saturated carbocycles. The van der Waals surface area contributed by atoms with Gasteiger partial charge >= 0.3 is 0 Å². The van der Waals surface area contributed by atoms with Crippen LogP contribution >= 0.6 is 0 Å². The molecule has 0 aliphatic rings. The first-order chi connectivity index (χ1) is 9.26. The molecule has 4 heteroatoms. The van der Waals surface area contributed by atoms with E-state index in [-0.39, 0.29) is 6.61 Å². The second kappa shape index (κ2) is 6.68. The topological polar surface area (TPSA) is 50.1 Å². The van der Waals surface area contributed by atoms with E-state index in [9.17, 15) is 0 Å². The van der Waals surface area contributed by atoms with Crippen LogP contribution in [0.15, 0.2) is 24.3 Å². The molecule has 104 valence electrons. The molecule has 0 radical (unpaired) electrons. The average molecular weight is 261 g/mol. The first kappa shape index (κ1) is 14.0. The molecule has 0 fully saturated rings. The molecular formula is C15H23N3O. The predicted octanol–water partition coefficient (Wildman–Crippen LogP) is 2.16. The summed E-state index contributed by atoms with van der Waals surface area (Å²) in [5, 5.41) is 12.3. The molecule has 0 amide bonds. The van der Waals surface area contributed by atoms with Gasteiger partial charge < -0.3 is 15.0 Å². The van der Waals surface area contributed by atoms with Gasteiger partial charge in [-0.2, -0.15) is 0 Å². The fourth-order valence-corrected chi connectivity index (χ4v) is 2.37. The van der Waals surface area contributed by atoms with Crippen LogP contribution in [-0.4, -0.2) is 27.8 Å². The van der Waals surface area contributed by atoms with Gasteiger partial charge in [0.2, 0.25) is 0 Å². The van der Waals surface area contributed by atoms with E-state index in [0.29, 0.717) is 5.92 Å². The number of aliphatic hydroxyl groups excluding tert-OH is 1. The van der Waals surface area contributed by atoms with Gasteiger partial charge in [-0.05, 0) is 37.9 Å². The monoisotopic (exact) mass is 261 g/mol. The second-order valence-electron chi connectivity index (χ2n) is 5.01. The molecule has 1 unspecified atom stereocenters. The van der Waals surface area contributed by atoms with Crippen molar-refractivity contribution in [2.75, 3.05) is 13.2 Å². The van der Waals surface area contributed by atoms with Gasteiger partial charge in [0.1, 0.15) is 5.82 Å². The van der Waals surface area contributed by atoms with E-state index < -0.39 is 0 Å². The lowest BCUT2D eigenvalue weighted by molar-refractivity contribution is 0.260. The molecular weight excluding hydrogens is 238 g/mol. The summed E-state index contributed by atoms with van der Waals surface area (Å²) < 4.78 is 2.25. The van der Waals surface area contributed by atoms with E-state index in [4.69, 9.17) is 5.11 Å². The highest BCUT2D eigenvalue weighted by molar-refractivity contribution is 5.75. The van der Waals surface area contributed by atoms with Crippen LogP contribution in [0.5, 0.6) is 0 Å². The summed E-state index contributed by atoms with van der Waals surface area (Å²) in [4.78, 5) is 4.68. The third-order valence-corrected chi connectivity index (χ3v) is 3.45. The molecule has 0 aliphatic carbocycles. The number of fused-ring (bicyclic) bond motifs is 1. The van der Waals surface area contributed by atoms with Crippen molar-refractivity contribution in [2.24, 2.45) is 5.92 Å². The van der Waals surface area contributed by atoms with E-state index in [1.165, 1.54) is 5.52 Å². The Kier molecular flexibility index (Phi) is 4.93. The molecule has 1 aromatic heterocycles. The first-order valence-corrected chi connectivity index (χ1v) is 7.02. The Balaban J connectivity index is 2.04. The lowest BCUT2D eigenvalue weighted by Gasteiger charge is -2.11. The Bertz CT molecular complexity index is 521. The van der Waals surface area contributed by atoms with Crippen LogP contribution in [0.3, 0.4) is 0 Å².